The average molecular weight is 611 g/mol. The van der Waals surface area contributed by atoms with Crippen LogP contribution in [0.3, 0.4) is 0 Å². The lowest BCUT2D eigenvalue weighted by Gasteiger charge is -2.56. The number of nitrogens with zero attached hydrogens (tertiary/aromatic N) is 3. The molecule has 1 N–H and O–H groups in total. The first-order valence-corrected chi connectivity index (χ1v) is 16.6. The minimum atomic E-state index is -0.507. The topological polar surface area (TPSA) is 108 Å². The molecule has 3 amide bonds. The number of ether oxygens (including phenoxy) is 1. The summed E-state index contributed by atoms with van der Waals surface area (Å²) in [5.74, 6) is 1.20. The zero-order chi connectivity index (χ0) is 31.1. The molecule has 0 unspecified atom stereocenters. The Balaban J connectivity index is 1.19. The van der Waals surface area contributed by atoms with Gasteiger partial charge in [-0.25, -0.2) is 14.6 Å². The number of Topliss-reactive ketones (excluding diaryl/α,β-unsaturated/α-hetero) is 1. The van der Waals surface area contributed by atoms with Gasteiger partial charge in [-0.15, -0.1) is 0 Å². The van der Waals surface area contributed by atoms with Crippen molar-refractivity contribution in [2.75, 3.05) is 30.4 Å². The average Bonchev–Trinajstić information content (AvgIpc) is 3.15. The maximum atomic E-state index is 14.4. The van der Waals surface area contributed by atoms with E-state index in [1.807, 2.05) is 24.3 Å². The zero-order valence-electron chi connectivity index (χ0n) is 26.0. The predicted octanol–water partition coefficient (Wildman–Crippen LogP) is 6.42. The summed E-state index contributed by atoms with van der Waals surface area (Å²) in [4.78, 5) is 55.8. The molecule has 0 saturated heterocycles. The van der Waals surface area contributed by atoms with Gasteiger partial charge in [-0.3, -0.25) is 14.5 Å². The lowest BCUT2D eigenvalue weighted by Crippen LogP contribution is -2.54. The van der Waals surface area contributed by atoms with E-state index < -0.39 is 17.9 Å². The first kappa shape index (κ1) is 29.7. The standard InChI is InChI=1S/C36H42N4O5/c1-45-34(43)27-10-7-11-28(17-27)37-32(42)22-40-35(44)39(21-31(41)36-18-23-14-24(19-36)16-25(15-23)20-36)30-13-6-5-12-29(30)33(38-40)26-8-3-2-4-9-26/h5-7,10-13,17,23-26H,2-4,8-9,14-16,18-22H2,1H3,(H,37,42). The van der Waals surface area contributed by atoms with E-state index in [0.29, 0.717) is 34.7 Å². The van der Waals surface area contributed by atoms with Gasteiger partial charge in [0.2, 0.25) is 5.91 Å². The minimum absolute atomic E-state index is 0.0191. The lowest BCUT2D eigenvalue weighted by atomic mass is 9.48. The van der Waals surface area contributed by atoms with Gasteiger partial charge in [-0.2, -0.15) is 5.10 Å². The number of carbonyl (C=O) groups excluding carboxylic acids is 4. The molecule has 0 spiro atoms. The number of hydrazone groups is 1. The SMILES string of the molecule is COC(=O)c1cccc(NC(=O)CN2N=C(C3CCCCC3)c3ccccc3N(CC(=O)C34CC5CC(CC(C5)C3)C4)C2=O)c1. The van der Waals surface area contributed by atoms with E-state index in [-0.39, 0.29) is 30.2 Å². The van der Waals surface area contributed by atoms with Crippen LogP contribution in [0.5, 0.6) is 0 Å². The van der Waals surface area contributed by atoms with Crippen LogP contribution in [0.1, 0.15) is 86.6 Å². The smallest absolute Gasteiger partial charge is 0.345 e. The van der Waals surface area contributed by atoms with E-state index in [4.69, 9.17) is 9.84 Å². The number of urea groups is 1. The van der Waals surface area contributed by atoms with E-state index in [1.54, 1.807) is 23.1 Å². The van der Waals surface area contributed by atoms with Gasteiger partial charge in [0.15, 0.2) is 5.78 Å². The number of hydrogen-bond donors (Lipinski definition) is 1. The Hall–Kier alpha value is -4.01. The Kier molecular flexibility index (Phi) is 7.96. The molecule has 5 fully saturated rings. The number of methoxy groups -OCH3 is 1. The first-order chi connectivity index (χ1) is 21.8. The van der Waals surface area contributed by atoms with Gasteiger partial charge in [0.1, 0.15) is 6.54 Å². The fourth-order valence-electron chi connectivity index (χ4n) is 9.27. The van der Waals surface area contributed by atoms with Crippen LogP contribution in [0.25, 0.3) is 0 Å². The highest BCUT2D eigenvalue weighted by molar-refractivity contribution is 6.13. The Morgan fingerprint density at radius 3 is 2.29 bits per heavy atom. The molecule has 0 radical (unpaired) electrons. The Labute approximate surface area is 264 Å². The molecule has 2 aromatic carbocycles. The molecule has 5 saturated carbocycles. The minimum Gasteiger partial charge on any atom is -0.465 e. The lowest BCUT2D eigenvalue weighted by molar-refractivity contribution is -0.142. The summed E-state index contributed by atoms with van der Waals surface area (Å²) in [6, 6.07) is 13.8. The van der Waals surface area contributed by atoms with Crippen molar-refractivity contribution in [1.29, 1.82) is 0 Å². The summed E-state index contributed by atoms with van der Waals surface area (Å²) >= 11 is 0. The molecule has 0 atom stereocenters. The summed E-state index contributed by atoms with van der Waals surface area (Å²) in [5.41, 5.74) is 2.74. The van der Waals surface area contributed by atoms with E-state index in [0.717, 1.165) is 56.2 Å². The van der Waals surface area contributed by atoms with Crippen LogP contribution in [-0.4, -0.2) is 54.6 Å². The van der Waals surface area contributed by atoms with Crippen molar-refractivity contribution >= 4 is 40.8 Å². The number of anilines is 2. The largest absolute Gasteiger partial charge is 0.465 e. The molecule has 5 aliphatic carbocycles. The number of fused-ring (bicyclic) bond motifs is 1. The third-order valence-corrected chi connectivity index (χ3v) is 10.9. The van der Waals surface area contributed by atoms with E-state index in [9.17, 15) is 19.2 Å². The summed E-state index contributed by atoms with van der Waals surface area (Å²) in [6.07, 6.45) is 11.8. The molecule has 4 bridgehead atoms. The number of esters is 1. The highest BCUT2D eigenvalue weighted by Gasteiger charge is 2.54. The van der Waals surface area contributed by atoms with Crippen LogP contribution in [0.2, 0.25) is 0 Å². The number of rotatable bonds is 8. The number of hydrogen-bond acceptors (Lipinski definition) is 6. The molecule has 8 rings (SSSR count). The van der Waals surface area contributed by atoms with Crippen molar-refractivity contribution in [3.8, 4) is 0 Å². The monoisotopic (exact) mass is 610 g/mol. The predicted molar refractivity (Wildman–Crippen MR) is 171 cm³/mol. The van der Waals surface area contributed by atoms with Crippen molar-refractivity contribution < 1.29 is 23.9 Å². The molecular formula is C36H42N4O5. The van der Waals surface area contributed by atoms with Crippen molar-refractivity contribution in [1.82, 2.24) is 5.01 Å². The van der Waals surface area contributed by atoms with Crippen molar-refractivity contribution in [2.45, 2.75) is 70.6 Å². The molecule has 9 heteroatoms. The van der Waals surface area contributed by atoms with Gasteiger partial charge < -0.3 is 10.1 Å². The Morgan fingerprint density at radius 2 is 1.60 bits per heavy atom. The maximum Gasteiger partial charge on any atom is 0.345 e. The van der Waals surface area contributed by atoms with Gasteiger partial charge in [0.25, 0.3) is 0 Å². The summed E-state index contributed by atoms with van der Waals surface area (Å²) in [5, 5.41) is 8.99. The summed E-state index contributed by atoms with van der Waals surface area (Å²) in [6.45, 7) is -0.345. The molecule has 45 heavy (non-hydrogen) atoms. The molecule has 9 nitrogen and oxygen atoms in total. The van der Waals surface area contributed by atoms with Crippen molar-refractivity contribution in [2.24, 2.45) is 34.2 Å². The van der Waals surface area contributed by atoms with Crippen LogP contribution >= 0.6 is 0 Å². The molecule has 6 aliphatic rings. The third kappa shape index (κ3) is 5.77. The quantitative estimate of drug-likeness (QED) is 0.347. The zero-order valence-corrected chi connectivity index (χ0v) is 26.0. The van der Waals surface area contributed by atoms with Crippen LogP contribution in [-0.2, 0) is 14.3 Å². The van der Waals surface area contributed by atoms with Crippen molar-refractivity contribution in [3.05, 3.63) is 59.7 Å². The van der Waals surface area contributed by atoms with Crippen LogP contribution in [0.4, 0.5) is 16.2 Å². The fourth-order valence-corrected chi connectivity index (χ4v) is 9.27. The molecule has 1 heterocycles. The van der Waals surface area contributed by atoms with Gasteiger partial charge >= 0.3 is 12.0 Å². The number of ketones is 1. The third-order valence-electron chi connectivity index (χ3n) is 10.9. The number of amides is 3. The van der Waals surface area contributed by atoms with E-state index in [1.165, 1.54) is 43.9 Å². The second-order valence-corrected chi connectivity index (χ2v) is 14.0. The maximum absolute atomic E-state index is 14.4. The highest BCUT2D eigenvalue weighted by atomic mass is 16.5. The fraction of sp³-hybridized carbons (Fsp3) is 0.528. The van der Waals surface area contributed by atoms with E-state index in [2.05, 4.69) is 5.32 Å². The van der Waals surface area contributed by atoms with Crippen LogP contribution in [0, 0.1) is 29.1 Å². The molecule has 236 valence electrons. The summed E-state index contributed by atoms with van der Waals surface area (Å²) in [7, 11) is 1.30. The number of nitrogens with one attached hydrogen (secondary N) is 1. The normalized spacial score (nSPS) is 27.4. The molecular weight excluding hydrogens is 568 g/mol. The molecule has 1 aliphatic heterocycles. The molecule has 2 aromatic rings. The second-order valence-electron chi connectivity index (χ2n) is 14.0. The Morgan fingerprint density at radius 1 is 0.911 bits per heavy atom. The van der Waals surface area contributed by atoms with Gasteiger partial charge in [-0.1, -0.05) is 43.5 Å². The highest BCUT2D eigenvalue weighted by Crippen LogP contribution is 2.60. The summed E-state index contributed by atoms with van der Waals surface area (Å²) < 4.78 is 4.81. The Bertz CT molecular complexity index is 1510. The number of benzene rings is 2. The van der Waals surface area contributed by atoms with Crippen LogP contribution in [0.15, 0.2) is 53.6 Å². The van der Waals surface area contributed by atoms with Crippen LogP contribution < -0.4 is 10.2 Å². The van der Waals surface area contributed by atoms with Gasteiger partial charge in [-0.05, 0) is 93.4 Å². The molecule has 0 aromatic heterocycles. The number of para-hydroxylation sites is 1. The number of carbonyl (C=O) groups is 4. The van der Waals surface area contributed by atoms with E-state index >= 15 is 0 Å². The second kappa shape index (κ2) is 12.1. The van der Waals surface area contributed by atoms with Crippen molar-refractivity contribution in [3.63, 3.8) is 0 Å². The van der Waals surface area contributed by atoms with Gasteiger partial charge in [0.05, 0.1) is 30.6 Å². The van der Waals surface area contributed by atoms with Gasteiger partial charge in [0, 0.05) is 22.6 Å². The first-order valence-electron chi connectivity index (χ1n) is 16.6.